The third-order valence-electron chi connectivity index (χ3n) is 1.99. The first-order valence-electron chi connectivity index (χ1n) is 5.73. The zero-order valence-electron chi connectivity index (χ0n) is 11.1. The molecule has 0 aliphatic carbocycles. The smallest absolute Gasteiger partial charge is 0.329 e. The second-order valence-corrected chi connectivity index (χ2v) is 3.50. The Morgan fingerprint density at radius 3 is 2.42 bits per heavy atom. The van der Waals surface area contributed by atoms with Crippen molar-refractivity contribution < 1.29 is 33.7 Å². The number of rotatable bonds is 10. The monoisotopic (exact) mass is 277 g/mol. The number of ether oxygens (including phenoxy) is 3. The summed E-state index contributed by atoms with van der Waals surface area (Å²) in [7, 11) is 1.47. The molecule has 8 nitrogen and oxygen atoms in total. The van der Waals surface area contributed by atoms with E-state index in [1.54, 1.807) is 6.92 Å². The molecule has 1 N–H and O–H groups in total. The molecule has 0 rings (SSSR count). The van der Waals surface area contributed by atoms with E-state index >= 15 is 0 Å². The summed E-state index contributed by atoms with van der Waals surface area (Å²) in [6.45, 7) is 1.15. The van der Waals surface area contributed by atoms with Crippen LogP contribution in [0.15, 0.2) is 0 Å². The van der Waals surface area contributed by atoms with Gasteiger partial charge in [-0.1, -0.05) is 0 Å². The minimum atomic E-state index is -1.17. The second-order valence-electron chi connectivity index (χ2n) is 3.50. The fraction of sp³-hybridized carbons (Fsp3) is 0.727. The molecular weight excluding hydrogens is 258 g/mol. The number of hydrogen-bond acceptors (Lipinski definition) is 6. The van der Waals surface area contributed by atoms with Gasteiger partial charge >= 0.3 is 11.9 Å². The maximum Gasteiger partial charge on any atom is 0.329 e. The molecule has 0 fully saturated rings. The van der Waals surface area contributed by atoms with Crippen molar-refractivity contribution in [3.63, 3.8) is 0 Å². The summed E-state index contributed by atoms with van der Waals surface area (Å²) >= 11 is 0. The van der Waals surface area contributed by atoms with E-state index in [9.17, 15) is 14.4 Å². The second kappa shape index (κ2) is 10.3. The predicted molar refractivity (Wildman–Crippen MR) is 63.5 cm³/mol. The molecule has 8 heteroatoms. The number of carbonyl (C=O) groups is 3. The van der Waals surface area contributed by atoms with Gasteiger partial charge in [0.1, 0.15) is 19.8 Å². The number of hydrogen-bond donors (Lipinski definition) is 1. The molecule has 0 aliphatic heterocycles. The highest BCUT2D eigenvalue weighted by molar-refractivity contribution is 5.83. The number of esters is 1. The van der Waals surface area contributed by atoms with Gasteiger partial charge in [-0.2, -0.15) is 0 Å². The van der Waals surface area contributed by atoms with Crippen LogP contribution in [0.3, 0.4) is 0 Å². The summed E-state index contributed by atoms with van der Waals surface area (Å²) in [5, 5.41) is 8.38. The van der Waals surface area contributed by atoms with Crippen LogP contribution < -0.4 is 0 Å². The zero-order valence-corrected chi connectivity index (χ0v) is 11.1. The fourth-order valence-electron chi connectivity index (χ4n) is 1.17. The fourth-order valence-corrected chi connectivity index (χ4v) is 1.17. The van der Waals surface area contributed by atoms with Gasteiger partial charge in [0.2, 0.25) is 5.91 Å². The van der Waals surface area contributed by atoms with E-state index in [2.05, 4.69) is 4.74 Å². The van der Waals surface area contributed by atoms with Crippen LogP contribution in [-0.4, -0.2) is 74.5 Å². The minimum Gasteiger partial charge on any atom is -0.480 e. The van der Waals surface area contributed by atoms with E-state index in [4.69, 9.17) is 14.6 Å². The van der Waals surface area contributed by atoms with Crippen LogP contribution in [0.1, 0.15) is 6.92 Å². The van der Waals surface area contributed by atoms with Crippen LogP contribution in [0.25, 0.3) is 0 Å². The highest BCUT2D eigenvalue weighted by Crippen LogP contribution is 1.94. The Balaban J connectivity index is 4.25. The molecule has 19 heavy (non-hydrogen) atoms. The van der Waals surface area contributed by atoms with E-state index in [-0.39, 0.29) is 26.3 Å². The highest BCUT2D eigenvalue weighted by Gasteiger charge is 2.18. The van der Waals surface area contributed by atoms with Gasteiger partial charge in [0.15, 0.2) is 0 Å². The molecule has 0 saturated heterocycles. The Kier molecular flexibility index (Phi) is 9.37. The molecule has 0 radical (unpaired) electrons. The Morgan fingerprint density at radius 1 is 1.21 bits per heavy atom. The van der Waals surface area contributed by atoms with E-state index in [1.165, 1.54) is 12.0 Å². The van der Waals surface area contributed by atoms with Crippen molar-refractivity contribution in [2.24, 2.45) is 0 Å². The van der Waals surface area contributed by atoms with Crippen molar-refractivity contribution in [2.45, 2.75) is 6.92 Å². The summed E-state index contributed by atoms with van der Waals surface area (Å²) in [6, 6.07) is 0. The van der Waals surface area contributed by atoms with Crippen molar-refractivity contribution >= 4 is 17.8 Å². The normalized spacial score (nSPS) is 10.0. The number of carboxylic acid groups (broad SMARTS) is 1. The Labute approximate surface area is 111 Å². The molecule has 0 spiro atoms. The topological polar surface area (TPSA) is 102 Å². The lowest BCUT2D eigenvalue weighted by atomic mass is 10.4. The molecule has 0 bridgehead atoms. The summed E-state index contributed by atoms with van der Waals surface area (Å²) in [6.07, 6.45) is 0. The maximum absolute atomic E-state index is 11.7. The van der Waals surface area contributed by atoms with Gasteiger partial charge in [0.25, 0.3) is 0 Å². The van der Waals surface area contributed by atoms with Gasteiger partial charge in [0, 0.05) is 13.7 Å². The summed E-state index contributed by atoms with van der Waals surface area (Å²) in [5.41, 5.74) is 0. The van der Waals surface area contributed by atoms with Crippen LogP contribution in [-0.2, 0) is 28.6 Å². The van der Waals surface area contributed by atoms with Crippen molar-refractivity contribution in [2.75, 3.05) is 46.6 Å². The third-order valence-corrected chi connectivity index (χ3v) is 1.99. The molecule has 0 aliphatic rings. The number of carbonyl (C=O) groups excluding carboxylic acids is 2. The average molecular weight is 277 g/mol. The van der Waals surface area contributed by atoms with Crippen molar-refractivity contribution in [1.29, 1.82) is 0 Å². The van der Waals surface area contributed by atoms with Gasteiger partial charge in [0.05, 0.1) is 13.2 Å². The van der Waals surface area contributed by atoms with Gasteiger partial charge < -0.3 is 24.2 Å². The van der Waals surface area contributed by atoms with Gasteiger partial charge in [-0.05, 0) is 6.92 Å². The minimum absolute atomic E-state index is 0.199. The average Bonchev–Trinajstić information content (AvgIpc) is 2.34. The first kappa shape index (κ1) is 17.3. The van der Waals surface area contributed by atoms with Crippen molar-refractivity contribution in [3.8, 4) is 0 Å². The van der Waals surface area contributed by atoms with Gasteiger partial charge in [-0.15, -0.1) is 0 Å². The number of carboxylic acids is 1. The molecule has 1 amide bonds. The molecule has 0 saturated carbocycles. The van der Waals surface area contributed by atoms with E-state index in [1.807, 2.05) is 0 Å². The summed E-state index contributed by atoms with van der Waals surface area (Å²) in [4.78, 5) is 34.5. The van der Waals surface area contributed by atoms with E-state index in [0.717, 1.165) is 0 Å². The summed E-state index contributed by atoms with van der Waals surface area (Å²) < 4.78 is 14.2. The van der Waals surface area contributed by atoms with Crippen LogP contribution >= 0.6 is 0 Å². The van der Waals surface area contributed by atoms with Crippen LogP contribution in [0.4, 0.5) is 0 Å². The predicted octanol–water partition coefficient (Wildman–Crippen LogP) is -0.874. The van der Waals surface area contributed by atoms with Gasteiger partial charge in [-0.3, -0.25) is 9.59 Å². The van der Waals surface area contributed by atoms with Crippen molar-refractivity contribution in [1.82, 2.24) is 4.90 Å². The lowest BCUT2D eigenvalue weighted by Crippen LogP contribution is -2.41. The first-order valence-corrected chi connectivity index (χ1v) is 5.73. The summed E-state index contributed by atoms with van der Waals surface area (Å²) in [5.74, 6) is -2.20. The maximum atomic E-state index is 11.7. The lowest BCUT2D eigenvalue weighted by molar-refractivity contribution is -0.152. The number of nitrogens with zero attached hydrogens (tertiary/aromatic N) is 1. The van der Waals surface area contributed by atoms with Crippen LogP contribution in [0.5, 0.6) is 0 Å². The molecule has 0 aromatic rings. The van der Waals surface area contributed by atoms with E-state index in [0.29, 0.717) is 0 Å². The molecule has 0 aromatic carbocycles. The molecule has 110 valence electrons. The van der Waals surface area contributed by atoms with E-state index < -0.39 is 31.1 Å². The van der Waals surface area contributed by atoms with Crippen LogP contribution in [0, 0.1) is 0 Å². The van der Waals surface area contributed by atoms with Crippen LogP contribution in [0.2, 0.25) is 0 Å². The Hall–Kier alpha value is -1.67. The quantitative estimate of drug-likeness (QED) is 0.517. The molecule has 0 atom stereocenters. The lowest BCUT2D eigenvalue weighted by Gasteiger charge is -2.21. The number of aliphatic carboxylic acids is 1. The highest BCUT2D eigenvalue weighted by atomic mass is 16.5. The molecule has 0 heterocycles. The van der Waals surface area contributed by atoms with Crippen molar-refractivity contribution in [3.05, 3.63) is 0 Å². The largest absolute Gasteiger partial charge is 0.480 e. The number of amides is 1. The molecule has 0 aromatic heterocycles. The van der Waals surface area contributed by atoms with Gasteiger partial charge in [-0.25, -0.2) is 4.79 Å². The Bertz CT molecular complexity index is 305. The molecular formula is C11H19NO7. The number of methoxy groups -OCH3 is 1. The SMILES string of the molecule is CCOC(=O)CN(CCOC)C(=O)COCC(=O)O. The zero-order chi connectivity index (χ0) is 14.7. The third kappa shape index (κ3) is 8.97. The molecule has 0 unspecified atom stereocenters. The standard InChI is InChI=1S/C11H19NO7/c1-3-19-11(16)6-12(4-5-17-2)9(13)7-18-8-10(14)15/h3-8H2,1-2H3,(H,14,15). The Morgan fingerprint density at radius 2 is 1.89 bits per heavy atom. The first-order chi connectivity index (χ1) is 9.01.